The van der Waals surface area contributed by atoms with Gasteiger partial charge in [0.05, 0.1) is 23.1 Å². The molecule has 7 aromatic rings. The lowest BCUT2D eigenvalue weighted by atomic mass is 9.95. The Morgan fingerprint density at radius 1 is 0.887 bits per heavy atom. The fourth-order valence-electron chi connectivity index (χ4n) is 7.73. The first kappa shape index (κ1) is 42.7. The van der Waals surface area contributed by atoms with Gasteiger partial charge in [0.15, 0.2) is 5.82 Å². The van der Waals surface area contributed by atoms with E-state index in [-0.39, 0.29) is 18.1 Å². The molecule has 14 heteroatoms. The molecule has 0 saturated carbocycles. The van der Waals surface area contributed by atoms with Crippen LogP contribution in [0.1, 0.15) is 22.4 Å². The van der Waals surface area contributed by atoms with Crippen LogP contribution in [0.5, 0.6) is 17.4 Å². The first-order chi connectivity index (χ1) is 30.2. The number of aryl methyl sites for hydroxylation is 2. The van der Waals surface area contributed by atoms with Gasteiger partial charge in [-0.3, -0.25) is 4.90 Å². The number of hydrogen-bond acceptors (Lipinski definition) is 11. The number of carboxylic acid groups (broad SMARTS) is 1. The summed E-state index contributed by atoms with van der Waals surface area (Å²) in [7, 11) is 3.75. The second kappa shape index (κ2) is 19.4. The van der Waals surface area contributed by atoms with Gasteiger partial charge in [-0.05, 0) is 91.0 Å². The molecule has 0 bridgehead atoms. The van der Waals surface area contributed by atoms with Crippen LogP contribution in [-0.4, -0.2) is 100 Å². The fraction of sp³-hybridized carbons (Fsp3) is 0.271. The van der Waals surface area contributed by atoms with Gasteiger partial charge in [-0.15, -0.1) is 11.3 Å². The van der Waals surface area contributed by atoms with E-state index in [2.05, 4.69) is 31.8 Å². The van der Waals surface area contributed by atoms with Gasteiger partial charge in [-0.25, -0.2) is 29.1 Å². The van der Waals surface area contributed by atoms with Crippen LogP contribution in [0.2, 0.25) is 5.02 Å². The van der Waals surface area contributed by atoms with E-state index in [1.165, 1.54) is 29.8 Å². The highest BCUT2D eigenvalue weighted by atomic mass is 35.5. The SMILES string of the molecule is COc1ccccc1-c1nccc(CCc2ccccc2C[C@H](Oc2ncnc3sc(-c4ccc(F)cc4)c(-c4ccc(OCCN5CCN(C)CC5)c(Cl)c4C)c23)C(=O)O)n1. The largest absolute Gasteiger partial charge is 0.496 e. The molecule has 3 aromatic heterocycles. The minimum Gasteiger partial charge on any atom is -0.496 e. The van der Waals surface area contributed by atoms with E-state index in [9.17, 15) is 14.3 Å². The van der Waals surface area contributed by atoms with Gasteiger partial charge in [0.25, 0.3) is 0 Å². The third-order valence-electron chi connectivity index (χ3n) is 11.2. The molecule has 1 saturated heterocycles. The average molecular weight is 873 g/mol. The molecule has 8 rings (SSSR count). The maximum atomic E-state index is 14.2. The summed E-state index contributed by atoms with van der Waals surface area (Å²) in [6.45, 7) is 7.22. The quantitative estimate of drug-likeness (QED) is 0.100. The molecule has 0 spiro atoms. The Balaban J connectivity index is 1.08. The third kappa shape index (κ3) is 9.56. The molecule has 1 atom stereocenters. The van der Waals surface area contributed by atoms with E-state index in [1.807, 2.05) is 73.7 Å². The Hall–Kier alpha value is -5.99. The normalized spacial score (nSPS) is 13.9. The fourth-order valence-corrected chi connectivity index (χ4v) is 9.10. The van der Waals surface area contributed by atoms with E-state index < -0.39 is 12.1 Å². The number of carbonyl (C=O) groups is 1. The van der Waals surface area contributed by atoms with Crippen LogP contribution in [0.3, 0.4) is 0 Å². The molecule has 1 N–H and O–H groups in total. The Labute approximate surface area is 368 Å². The number of nitrogens with zero attached hydrogens (tertiary/aromatic N) is 6. The molecule has 1 aliphatic heterocycles. The molecule has 318 valence electrons. The van der Waals surface area contributed by atoms with Crippen molar-refractivity contribution in [3.05, 3.63) is 137 Å². The standard InChI is InChI=1S/C48H46ClFN6O5S/c1-30-36(18-19-39(43(30)49)60-27-26-56-24-22-55(2)23-25-56)41-42-46(52-29-53-47(42)62-44(41)32-12-15-34(50)16-13-32)61-40(48(57)58)28-33-9-5-4-8-31(33)14-17-35-20-21-51-45(54-35)37-10-6-7-11-38(37)59-3/h4-13,15-16,18-21,29,40H,14,17,22-28H2,1-3H3,(H,57,58)/t40-/m0/s1. The van der Waals surface area contributed by atoms with E-state index in [1.54, 1.807) is 25.4 Å². The molecular formula is C48H46ClFN6O5S. The summed E-state index contributed by atoms with van der Waals surface area (Å²) < 4.78 is 32.4. The highest BCUT2D eigenvalue weighted by Crippen LogP contribution is 2.49. The van der Waals surface area contributed by atoms with E-state index in [0.717, 1.165) is 76.7 Å². The molecule has 4 heterocycles. The van der Waals surface area contributed by atoms with Crippen molar-refractivity contribution in [3.8, 4) is 50.3 Å². The van der Waals surface area contributed by atoms with Crippen molar-refractivity contribution >= 4 is 39.1 Å². The van der Waals surface area contributed by atoms with Gasteiger partial charge in [0.1, 0.15) is 35.1 Å². The van der Waals surface area contributed by atoms with E-state index >= 15 is 0 Å². The number of aliphatic carboxylic acids is 1. The molecule has 4 aromatic carbocycles. The van der Waals surface area contributed by atoms with Crippen molar-refractivity contribution in [2.24, 2.45) is 0 Å². The summed E-state index contributed by atoms with van der Waals surface area (Å²) in [6.07, 6.45) is 3.09. The number of ether oxygens (including phenoxy) is 3. The van der Waals surface area contributed by atoms with Gasteiger partial charge in [0.2, 0.25) is 12.0 Å². The summed E-state index contributed by atoms with van der Waals surface area (Å²) in [4.78, 5) is 37.6. The van der Waals surface area contributed by atoms with E-state index in [4.69, 9.17) is 30.8 Å². The molecule has 0 aliphatic carbocycles. The smallest absolute Gasteiger partial charge is 0.345 e. The molecule has 11 nitrogen and oxygen atoms in total. The average Bonchev–Trinajstić information content (AvgIpc) is 3.68. The zero-order valence-electron chi connectivity index (χ0n) is 34.7. The van der Waals surface area contributed by atoms with Crippen molar-refractivity contribution < 1.29 is 28.5 Å². The highest BCUT2D eigenvalue weighted by Gasteiger charge is 2.28. The molecule has 0 unspecified atom stereocenters. The number of piperazine rings is 1. The van der Waals surface area contributed by atoms with Gasteiger partial charge >= 0.3 is 5.97 Å². The lowest BCUT2D eigenvalue weighted by molar-refractivity contribution is -0.145. The minimum absolute atomic E-state index is 0.0720. The topological polar surface area (TPSA) is 123 Å². The number of likely N-dealkylation sites (N-methyl/N-ethyl adjacent to an activating group) is 1. The molecule has 1 aliphatic rings. The summed E-state index contributed by atoms with van der Waals surface area (Å²) in [5.74, 6) is 0.433. The predicted molar refractivity (Wildman–Crippen MR) is 241 cm³/mol. The Kier molecular flexibility index (Phi) is 13.3. The first-order valence-electron chi connectivity index (χ1n) is 20.4. The Bertz CT molecular complexity index is 2690. The number of fused-ring (bicyclic) bond motifs is 1. The molecule has 62 heavy (non-hydrogen) atoms. The van der Waals surface area contributed by atoms with Crippen LogP contribution >= 0.6 is 22.9 Å². The maximum Gasteiger partial charge on any atom is 0.345 e. The van der Waals surface area contributed by atoms with Gasteiger partial charge in [0, 0.05) is 61.5 Å². The number of benzene rings is 4. The Morgan fingerprint density at radius 2 is 1.65 bits per heavy atom. The summed E-state index contributed by atoms with van der Waals surface area (Å²) in [6, 6.07) is 27.3. The zero-order valence-corrected chi connectivity index (χ0v) is 36.3. The van der Waals surface area contributed by atoms with Crippen molar-refractivity contribution in [1.29, 1.82) is 0 Å². The third-order valence-corrected chi connectivity index (χ3v) is 12.8. The van der Waals surface area contributed by atoms with Gasteiger partial charge in [-0.1, -0.05) is 66.2 Å². The van der Waals surface area contributed by atoms with Gasteiger partial charge < -0.3 is 24.2 Å². The number of rotatable bonds is 16. The van der Waals surface area contributed by atoms with Crippen LogP contribution in [-0.2, 0) is 24.1 Å². The number of carboxylic acids is 1. The molecule has 0 radical (unpaired) electrons. The van der Waals surface area contributed by atoms with Gasteiger partial charge in [-0.2, -0.15) is 0 Å². The number of para-hydroxylation sites is 1. The minimum atomic E-state index is -1.30. The lowest BCUT2D eigenvalue weighted by Gasteiger charge is -2.32. The summed E-state index contributed by atoms with van der Waals surface area (Å²) in [5, 5.41) is 11.7. The lowest BCUT2D eigenvalue weighted by Crippen LogP contribution is -2.45. The number of methoxy groups -OCH3 is 1. The second-order valence-corrected chi connectivity index (χ2v) is 16.6. The van der Waals surface area contributed by atoms with Crippen LogP contribution in [0.25, 0.3) is 43.2 Å². The van der Waals surface area contributed by atoms with Crippen molar-refractivity contribution in [1.82, 2.24) is 29.7 Å². The molecule has 1 fully saturated rings. The van der Waals surface area contributed by atoms with Crippen LogP contribution in [0.15, 0.2) is 104 Å². The second-order valence-electron chi connectivity index (χ2n) is 15.2. The number of thiophene rings is 1. The maximum absolute atomic E-state index is 14.2. The number of aromatic nitrogens is 4. The zero-order chi connectivity index (χ0) is 43.2. The Morgan fingerprint density at radius 3 is 2.42 bits per heavy atom. The van der Waals surface area contributed by atoms with Crippen LogP contribution in [0, 0.1) is 12.7 Å². The molecular weight excluding hydrogens is 827 g/mol. The molecule has 0 amide bonds. The van der Waals surface area contributed by atoms with Crippen molar-refractivity contribution in [3.63, 3.8) is 0 Å². The highest BCUT2D eigenvalue weighted by molar-refractivity contribution is 7.22. The predicted octanol–water partition coefficient (Wildman–Crippen LogP) is 9.08. The van der Waals surface area contributed by atoms with E-state index in [0.29, 0.717) is 57.6 Å². The monoisotopic (exact) mass is 872 g/mol. The van der Waals surface area contributed by atoms with Crippen molar-refractivity contribution in [2.45, 2.75) is 32.3 Å². The summed E-state index contributed by atoms with van der Waals surface area (Å²) in [5.41, 5.74) is 6.41. The number of halogens is 2. The number of hydrogen-bond donors (Lipinski definition) is 1. The van der Waals surface area contributed by atoms with Crippen molar-refractivity contribution in [2.75, 3.05) is 53.5 Å². The van der Waals surface area contributed by atoms with Crippen LogP contribution in [0.4, 0.5) is 4.39 Å². The first-order valence-corrected chi connectivity index (χ1v) is 21.6. The summed E-state index contributed by atoms with van der Waals surface area (Å²) >= 11 is 8.45. The van der Waals surface area contributed by atoms with Crippen LogP contribution < -0.4 is 14.2 Å².